The summed E-state index contributed by atoms with van der Waals surface area (Å²) in [6, 6.07) is 6.04. The maximum Gasteiger partial charge on any atom is 0.191 e. The highest BCUT2D eigenvalue weighted by atomic mass is 127. The summed E-state index contributed by atoms with van der Waals surface area (Å²) in [4.78, 5) is 4.36. The monoisotopic (exact) mass is 541 g/mol. The zero-order valence-electron chi connectivity index (χ0n) is 19.3. The van der Waals surface area contributed by atoms with Gasteiger partial charge >= 0.3 is 0 Å². The summed E-state index contributed by atoms with van der Waals surface area (Å²) in [6.45, 7) is 5.57. The average Bonchev–Trinajstić information content (AvgIpc) is 3.34. The number of methoxy groups -OCH3 is 1. The van der Waals surface area contributed by atoms with Gasteiger partial charge in [0, 0.05) is 38.4 Å². The summed E-state index contributed by atoms with van der Waals surface area (Å²) < 4.78 is 13.8. The molecule has 7 nitrogen and oxygen atoms in total. The van der Waals surface area contributed by atoms with Crippen LogP contribution in [0.1, 0.15) is 48.2 Å². The Bertz CT molecular complexity index is 875. The molecule has 2 N–H and O–H groups in total. The van der Waals surface area contributed by atoms with E-state index < -0.39 is 0 Å². The van der Waals surface area contributed by atoms with Crippen molar-refractivity contribution < 1.29 is 9.47 Å². The molecule has 3 rings (SSSR count). The number of benzene rings is 1. The molecule has 0 unspecified atom stereocenters. The predicted molar refractivity (Wildman–Crippen MR) is 136 cm³/mol. The number of nitrogens with one attached hydrogen (secondary N) is 2. The van der Waals surface area contributed by atoms with Crippen molar-refractivity contribution in [2.75, 3.05) is 20.7 Å². The van der Waals surface area contributed by atoms with Gasteiger partial charge in [-0.3, -0.25) is 9.67 Å². The second-order valence-corrected chi connectivity index (χ2v) is 7.85. The molecule has 0 saturated heterocycles. The van der Waals surface area contributed by atoms with Crippen molar-refractivity contribution in [1.82, 2.24) is 20.4 Å². The van der Waals surface area contributed by atoms with Crippen molar-refractivity contribution in [3.8, 4) is 11.5 Å². The molecule has 0 spiro atoms. The first kappa shape index (κ1) is 25.3. The van der Waals surface area contributed by atoms with Gasteiger partial charge in [-0.05, 0) is 57.6 Å². The minimum Gasteiger partial charge on any atom is -0.493 e. The quantitative estimate of drug-likeness (QED) is 0.302. The zero-order valence-corrected chi connectivity index (χ0v) is 21.7. The third-order valence-corrected chi connectivity index (χ3v) is 5.86. The number of hydrogen-bond donors (Lipinski definition) is 2. The van der Waals surface area contributed by atoms with E-state index in [-0.39, 0.29) is 30.1 Å². The Kier molecular flexibility index (Phi) is 9.93. The lowest BCUT2D eigenvalue weighted by Gasteiger charge is -2.20. The Morgan fingerprint density at radius 2 is 1.97 bits per heavy atom. The lowest BCUT2D eigenvalue weighted by Crippen LogP contribution is -2.38. The number of aliphatic imine (C=N–C) groups is 1. The molecule has 1 fully saturated rings. The SMILES string of the molecule is CN=C(NCCc1c(C)nn(C)c1C)NCc1cccc(OC)c1OC1CCCC1.I. The molecule has 1 heterocycles. The van der Waals surface area contributed by atoms with Crippen molar-refractivity contribution in [2.24, 2.45) is 12.0 Å². The first-order valence-corrected chi connectivity index (χ1v) is 10.8. The van der Waals surface area contributed by atoms with E-state index in [1.54, 1.807) is 14.2 Å². The van der Waals surface area contributed by atoms with Crippen LogP contribution in [0.15, 0.2) is 23.2 Å². The lowest BCUT2D eigenvalue weighted by atomic mass is 10.1. The fourth-order valence-corrected chi connectivity index (χ4v) is 4.05. The number of nitrogens with zero attached hydrogens (tertiary/aromatic N) is 3. The van der Waals surface area contributed by atoms with Gasteiger partial charge in [0.15, 0.2) is 17.5 Å². The normalized spacial score (nSPS) is 14.3. The molecule has 1 aliphatic carbocycles. The van der Waals surface area contributed by atoms with Crippen LogP contribution in [0.4, 0.5) is 0 Å². The fourth-order valence-electron chi connectivity index (χ4n) is 4.05. The Hall–Kier alpha value is -1.97. The molecule has 0 atom stereocenters. The van der Waals surface area contributed by atoms with Gasteiger partial charge in [-0.15, -0.1) is 24.0 Å². The number of aryl methyl sites for hydroxylation is 2. The van der Waals surface area contributed by atoms with Crippen molar-refractivity contribution >= 4 is 29.9 Å². The number of para-hydroxylation sites is 1. The Morgan fingerprint density at radius 1 is 1.23 bits per heavy atom. The molecule has 0 bridgehead atoms. The van der Waals surface area contributed by atoms with E-state index >= 15 is 0 Å². The maximum atomic E-state index is 6.33. The lowest BCUT2D eigenvalue weighted by molar-refractivity contribution is 0.198. The zero-order chi connectivity index (χ0) is 21.5. The number of ether oxygens (including phenoxy) is 2. The standard InChI is InChI=1S/C23H35N5O2.HI/c1-16-20(17(2)28(4)27-16)13-14-25-23(24-3)26-15-18-9-8-12-21(29-5)22(18)30-19-10-6-7-11-19;/h8-9,12,19H,6-7,10-11,13-15H2,1-5H3,(H2,24,25,26);1H. The summed E-state index contributed by atoms with van der Waals surface area (Å²) >= 11 is 0. The van der Waals surface area contributed by atoms with Gasteiger partial charge in [0.05, 0.1) is 18.9 Å². The van der Waals surface area contributed by atoms with Crippen LogP contribution < -0.4 is 20.1 Å². The number of guanidine groups is 1. The summed E-state index contributed by atoms with van der Waals surface area (Å²) in [5.74, 6) is 2.40. The van der Waals surface area contributed by atoms with E-state index in [0.717, 1.165) is 54.5 Å². The molecular weight excluding hydrogens is 505 g/mol. The van der Waals surface area contributed by atoms with E-state index in [1.165, 1.54) is 24.1 Å². The molecule has 2 aromatic rings. The molecular formula is C23H36IN5O2. The predicted octanol–water partition coefficient (Wildman–Crippen LogP) is 3.89. The minimum absolute atomic E-state index is 0. The average molecular weight is 541 g/mol. The van der Waals surface area contributed by atoms with Gasteiger partial charge in [0.1, 0.15) is 0 Å². The van der Waals surface area contributed by atoms with Crippen LogP contribution in [-0.2, 0) is 20.0 Å². The highest BCUT2D eigenvalue weighted by Gasteiger charge is 2.20. The van der Waals surface area contributed by atoms with Crippen LogP contribution in [-0.4, -0.2) is 42.5 Å². The van der Waals surface area contributed by atoms with Gasteiger partial charge < -0.3 is 20.1 Å². The molecule has 0 radical (unpaired) electrons. The molecule has 0 amide bonds. The van der Waals surface area contributed by atoms with Crippen LogP contribution in [0.5, 0.6) is 11.5 Å². The first-order chi connectivity index (χ1) is 14.5. The molecule has 31 heavy (non-hydrogen) atoms. The smallest absolute Gasteiger partial charge is 0.191 e. The van der Waals surface area contributed by atoms with Crippen LogP contribution in [0, 0.1) is 13.8 Å². The minimum atomic E-state index is 0. The maximum absolute atomic E-state index is 6.33. The highest BCUT2D eigenvalue weighted by molar-refractivity contribution is 14.0. The molecule has 8 heteroatoms. The van der Waals surface area contributed by atoms with Crippen LogP contribution >= 0.6 is 24.0 Å². The van der Waals surface area contributed by atoms with E-state index in [4.69, 9.17) is 9.47 Å². The topological polar surface area (TPSA) is 72.7 Å². The van der Waals surface area contributed by atoms with Gasteiger partial charge in [-0.25, -0.2) is 0 Å². The van der Waals surface area contributed by atoms with E-state index in [1.807, 2.05) is 23.9 Å². The summed E-state index contributed by atoms with van der Waals surface area (Å²) in [5.41, 5.74) is 4.66. The van der Waals surface area contributed by atoms with Crippen molar-refractivity contribution in [3.63, 3.8) is 0 Å². The molecule has 0 aliphatic heterocycles. The van der Waals surface area contributed by atoms with Gasteiger partial charge in [-0.2, -0.15) is 5.10 Å². The second kappa shape index (κ2) is 12.2. The fraction of sp³-hybridized carbons (Fsp3) is 0.565. The number of aromatic nitrogens is 2. The van der Waals surface area contributed by atoms with Crippen LogP contribution in [0.3, 0.4) is 0 Å². The van der Waals surface area contributed by atoms with Gasteiger partial charge in [0.25, 0.3) is 0 Å². The highest BCUT2D eigenvalue weighted by Crippen LogP contribution is 2.34. The summed E-state index contributed by atoms with van der Waals surface area (Å²) in [5, 5.41) is 11.3. The van der Waals surface area contributed by atoms with Crippen molar-refractivity contribution in [1.29, 1.82) is 0 Å². The third kappa shape index (κ3) is 6.51. The Morgan fingerprint density at radius 3 is 2.58 bits per heavy atom. The first-order valence-electron chi connectivity index (χ1n) is 10.8. The molecule has 1 aliphatic rings. The third-order valence-electron chi connectivity index (χ3n) is 5.86. The second-order valence-electron chi connectivity index (χ2n) is 7.85. The van der Waals surface area contributed by atoms with Crippen LogP contribution in [0.25, 0.3) is 0 Å². The van der Waals surface area contributed by atoms with Gasteiger partial charge in [0.2, 0.25) is 0 Å². The summed E-state index contributed by atoms with van der Waals surface area (Å²) in [6.07, 6.45) is 5.88. The van der Waals surface area contributed by atoms with Crippen molar-refractivity contribution in [3.05, 3.63) is 40.7 Å². The number of rotatable bonds is 8. The number of hydrogen-bond acceptors (Lipinski definition) is 4. The Balaban J connectivity index is 0.00000341. The van der Waals surface area contributed by atoms with E-state index in [2.05, 4.69) is 40.6 Å². The summed E-state index contributed by atoms with van der Waals surface area (Å²) in [7, 11) is 5.47. The largest absolute Gasteiger partial charge is 0.493 e. The molecule has 172 valence electrons. The van der Waals surface area contributed by atoms with E-state index in [9.17, 15) is 0 Å². The molecule has 1 saturated carbocycles. The van der Waals surface area contributed by atoms with E-state index in [0.29, 0.717) is 6.54 Å². The molecule has 1 aromatic heterocycles. The number of halogens is 1. The Labute approximate surface area is 203 Å². The van der Waals surface area contributed by atoms with Crippen molar-refractivity contribution in [2.45, 2.75) is 58.6 Å². The molecule has 1 aromatic carbocycles. The van der Waals surface area contributed by atoms with Gasteiger partial charge in [-0.1, -0.05) is 12.1 Å². The van der Waals surface area contributed by atoms with Crippen LogP contribution in [0.2, 0.25) is 0 Å².